The van der Waals surface area contributed by atoms with Crippen LogP contribution in [0.15, 0.2) is 29.1 Å². The topological polar surface area (TPSA) is 97.8 Å². The molecule has 2 heterocycles. The SMILES string of the molecule is COc1cc(C(=O)NCCCN2C(=O)CCC2=O)ccc1OCc1cscn1. The monoisotopic (exact) mass is 403 g/mol. The van der Waals surface area contributed by atoms with Crippen molar-refractivity contribution in [1.82, 2.24) is 15.2 Å². The van der Waals surface area contributed by atoms with Crippen LogP contribution in [-0.4, -0.2) is 47.8 Å². The molecule has 0 aliphatic carbocycles. The van der Waals surface area contributed by atoms with Gasteiger partial charge in [-0.1, -0.05) is 0 Å². The number of nitrogens with zero attached hydrogens (tertiary/aromatic N) is 2. The first-order valence-electron chi connectivity index (χ1n) is 8.88. The van der Waals surface area contributed by atoms with Gasteiger partial charge in [-0.15, -0.1) is 11.3 Å². The number of benzene rings is 1. The van der Waals surface area contributed by atoms with Gasteiger partial charge in [0.15, 0.2) is 11.5 Å². The molecule has 0 atom stereocenters. The van der Waals surface area contributed by atoms with E-state index in [4.69, 9.17) is 9.47 Å². The molecule has 0 saturated carbocycles. The van der Waals surface area contributed by atoms with E-state index in [-0.39, 0.29) is 30.6 Å². The summed E-state index contributed by atoms with van der Waals surface area (Å²) >= 11 is 1.49. The Bertz CT molecular complexity index is 837. The summed E-state index contributed by atoms with van der Waals surface area (Å²) in [6.07, 6.45) is 1.07. The van der Waals surface area contributed by atoms with Crippen LogP contribution in [0.1, 0.15) is 35.3 Å². The molecule has 148 valence electrons. The van der Waals surface area contributed by atoms with Crippen molar-refractivity contribution in [3.8, 4) is 11.5 Å². The van der Waals surface area contributed by atoms with Crippen molar-refractivity contribution in [3.63, 3.8) is 0 Å². The maximum atomic E-state index is 12.3. The van der Waals surface area contributed by atoms with Gasteiger partial charge in [0.2, 0.25) is 11.8 Å². The highest BCUT2D eigenvalue weighted by molar-refractivity contribution is 7.07. The van der Waals surface area contributed by atoms with Gasteiger partial charge in [-0.05, 0) is 24.6 Å². The highest BCUT2D eigenvalue weighted by Crippen LogP contribution is 2.28. The van der Waals surface area contributed by atoms with E-state index in [2.05, 4.69) is 10.3 Å². The smallest absolute Gasteiger partial charge is 0.251 e. The molecule has 1 aromatic carbocycles. The van der Waals surface area contributed by atoms with Crippen LogP contribution in [0, 0.1) is 0 Å². The number of ether oxygens (including phenoxy) is 2. The number of hydrogen-bond donors (Lipinski definition) is 1. The van der Waals surface area contributed by atoms with Crippen molar-refractivity contribution in [3.05, 3.63) is 40.3 Å². The molecule has 0 spiro atoms. The Morgan fingerprint density at radius 1 is 1.25 bits per heavy atom. The average Bonchev–Trinajstić information content (AvgIpc) is 3.34. The Labute approximate surface area is 166 Å². The van der Waals surface area contributed by atoms with Gasteiger partial charge < -0.3 is 14.8 Å². The minimum Gasteiger partial charge on any atom is -0.493 e. The third-order valence-electron chi connectivity index (χ3n) is 4.28. The van der Waals surface area contributed by atoms with Gasteiger partial charge in [0.05, 0.1) is 18.3 Å². The number of rotatable bonds is 9. The van der Waals surface area contributed by atoms with Crippen LogP contribution in [0.3, 0.4) is 0 Å². The van der Waals surface area contributed by atoms with Crippen molar-refractivity contribution in [2.24, 2.45) is 0 Å². The van der Waals surface area contributed by atoms with Gasteiger partial charge in [-0.3, -0.25) is 19.3 Å². The van der Waals surface area contributed by atoms with E-state index in [0.29, 0.717) is 43.2 Å². The van der Waals surface area contributed by atoms with Crippen LogP contribution in [0.2, 0.25) is 0 Å². The van der Waals surface area contributed by atoms with Gasteiger partial charge in [0.1, 0.15) is 6.61 Å². The van der Waals surface area contributed by atoms with Gasteiger partial charge in [-0.2, -0.15) is 0 Å². The molecule has 0 unspecified atom stereocenters. The first-order valence-corrected chi connectivity index (χ1v) is 9.82. The van der Waals surface area contributed by atoms with Crippen LogP contribution < -0.4 is 14.8 Å². The molecule has 3 amide bonds. The van der Waals surface area contributed by atoms with Gasteiger partial charge in [0.25, 0.3) is 5.91 Å². The van der Waals surface area contributed by atoms with E-state index >= 15 is 0 Å². The zero-order valence-electron chi connectivity index (χ0n) is 15.5. The summed E-state index contributed by atoms with van der Waals surface area (Å²) < 4.78 is 11.0. The summed E-state index contributed by atoms with van der Waals surface area (Å²) in [5.74, 6) is 0.432. The minimum absolute atomic E-state index is 0.144. The molecule has 1 aliphatic rings. The molecule has 1 N–H and O–H groups in total. The lowest BCUT2D eigenvalue weighted by molar-refractivity contribution is -0.138. The summed E-state index contributed by atoms with van der Waals surface area (Å²) in [6.45, 7) is 1.00. The normalized spacial score (nSPS) is 13.7. The van der Waals surface area contributed by atoms with E-state index < -0.39 is 0 Å². The number of hydrogen-bond acceptors (Lipinski definition) is 7. The first kappa shape index (κ1) is 19.8. The summed E-state index contributed by atoms with van der Waals surface area (Å²) in [5, 5.41) is 4.68. The molecule has 8 nitrogen and oxygen atoms in total. The Kier molecular flexibility index (Phi) is 6.59. The highest BCUT2D eigenvalue weighted by Gasteiger charge is 2.27. The van der Waals surface area contributed by atoms with Crippen LogP contribution in [0.4, 0.5) is 0 Å². The first-order chi connectivity index (χ1) is 13.6. The number of carbonyl (C=O) groups excluding carboxylic acids is 3. The third-order valence-corrected chi connectivity index (χ3v) is 4.92. The molecular formula is C19H21N3O5S. The molecular weight excluding hydrogens is 382 g/mol. The highest BCUT2D eigenvalue weighted by atomic mass is 32.1. The maximum Gasteiger partial charge on any atom is 0.251 e. The number of imide groups is 1. The van der Waals surface area contributed by atoms with Crippen LogP contribution in [0.5, 0.6) is 11.5 Å². The standard InChI is InChI=1S/C19H21N3O5S/c1-26-16-9-13(3-4-15(16)27-10-14-11-28-12-21-14)19(25)20-7-2-8-22-17(23)5-6-18(22)24/h3-4,9,11-12H,2,5-8,10H2,1H3,(H,20,25). The molecule has 1 saturated heterocycles. The number of aromatic nitrogens is 1. The summed E-state index contributed by atoms with van der Waals surface area (Å²) in [6, 6.07) is 4.95. The van der Waals surface area contributed by atoms with Crippen molar-refractivity contribution >= 4 is 29.1 Å². The fourth-order valence-corrected chi connectivity index (χ4v) is 3.35. The summed E-state index contributed by atoms with van der Waals surface area (Å²) in [7, 11) is 1.51. The van der Waals surface area contributed by atoms with E-state index in [0.717, 1.165) is 5.69 Å². The lowest BCUT2D eigenvalue weighted by Gasteiger charge is -2.14. The Balaban J connectivity index is 1.50. The van der Waals surface area contributed by atoms with E-state index in [9.17, 15) is 14.4 Å². The molecule has 9 heteroatoms. The molecule has 28 heavy (non-hydrogen) atoms. The molecule has 1 aromatic heterocycles. The quantitative estimate of drug-likeness (QED) is 0.508. The predicted molar refractivity (Wildman–Crippen MR) is 102 cm³/mol. The second kappa shape index (κ2) is 9.32. The number of amides is 3. The molecule has 0 bridgehead atoms. The maximum absolute atomic E-state index is 12.3. The number of nitrogens with one attached hydrogen (secondary N) is 1. The number of carbonyl (C=O) groups is 3. The van der Waals surface area contributed by atoms with Gasteiger partial charge in [-0.25, -0.2) is 4.98 Å². The Morgan fingerprint density at radius 3 is 2.71 bits per heavy atom. The number of likely N-dealkylation sites (tertiary alicyclic amines) is 1. The van der Waals surface area contributed by atoms with Crippen molar-refractivity contribution in [1.29, 1.82) is 0 Å². The fraction of sp³-hybridized carbons (Fsp3) is 0.368. The number of methoxy groups -OCH3 is 1. The van der Waals surface area contributed by atoms with Gasteiger partial charge in [0, 0.05) is 36.9 Å². The zero-order valence-corrected chi connectivity index (χ0v) is 16.3. The Morgan fingerprint density at radius 2 is 2.04 bits per heavy atom. The molecule has 2 aromatic rings. The van der Waals surface area contributed by atoms with Crippen molar-refractivity contribution in [2.75, 3.05) is 20.2 Å². The second-order valence-corrected chi connectivity index (χ2v) is 6.90. The van der Waals surface area contributed by atoms with E-state index in [1.807, 2.05) is 5.38 Å². The number of thiazole rings is 1. The zero-order chi connectivity index (χ0) is 19.9. The van der Waals surface area contributed by atoms with Crippen molar-refractivity contribution in [2.45, 2.75) is 25.9 Å². The van der Waals surface area contributed by atoms with Crippen LogP contribution >= 0.6 is 11.3 Å². The van der Waals surface area contributed by atoms with Crippen LogP contribution in [0.25, 0.3) is 0 Å². The second-order valence-electron chi connectivity index (χ2n) is 6.18. The predicted octanol–water partition coefficient (Wildman–Crippen LogP) is 2.00. The minimum atomic E-state index is -0.261. The van der Waals surface area contributed by atoms with E-state index in [1.54, 1.807) is 23.7 Å². The largest absolute Gasteiger partial charge is 0.493 e. The van der Waals surface area contributed by atoms with E-state index in [1.165, 1.54) is 23.3 Å². The van der Waals surface area contributed by atoms with Gasteiger partial charge >= 0.3 is 0 Å². The fourth-order valence-electron chi connectivity index (χ4n) is 2.80. The molecule has 1 fully saturated rings. The molecule has 3 rings (SSSR count). The van der Waals surface area contributed by atoms with Crippen LogP contribution in [-0.2, 0) is 16.2 Å². The summed E-state index contributed by atoms with van der Waals surface area (Å²) in [4.78, 5) is 40.8. The molecule has 0 radical (unpaired) electrons. The van der Waals surface area contributed by atoms with Crippen molar-refractivity contribution < 1.29 is 23.9 Å². The third kappa shape index (κ3) is 4.86. The Hall–Kier alpha value is -2.94. The molecule has 1 aliphatic heterocycles. The average molecular weight is 403 g/mol. The lowest BCUT2D eigenvalue weighted by atomic mass is 10.2. The summed E-state index contributed by atoms with van der Waals surface area (Å²) in [5.41, 5.74) is 2.99. The lowest BCUT2D eigenvalue weighted by Crippen LogP contribution is -2.33.